The maximum Gasteiger partial charge on any atom is 0.257 e. The summed E-state index contributed by atoms with van der Waals surface area (Å²) < 4.78 is 10.0. The van der Waals surface area contributed by atoms with Crippen molar-refractivity contribution in [3.8, 4) is 0 Å². The summed E-state index contributed by atoms with van der Waals surface area (Å²) in [5, 5.41) is 0. The van der Waals surface area contributed by atoms with Crippen molar-refractivity contribution in [1.82, 2.24) is 9.80 Å². The van der Waals surface area contributed by atoms with Crippen molar-refractivity contribution in [3.63, 3.8) is 0 Å². The van der Waals surface area contributed by atoms with Crippen molar-refractivity contribution in [2.45, 2.75) is 6.61 Å². The van der Waals surface area contributed by atoms with Crippen LogP contribution in [0.4, 0.5) is 0 Å². The number of piperazine rings is 1. The third-order valence-corrected chi connectivity index (χ3v) is 4.13. The van der Waals surface area contributed by atoms with Gasteiger partial charge in [-0.05, 0) is 23.8 Å². The summed E-state index contributed by atoms with van der Waals surface area (Å²) in [6.07, 6.45) is 2.93. The molecule has 1 saturated heterocycles. The van der Waals surface area contributed by atoms with Gasteiger partial charge in [0, 0.05) is 38.9 Å². The van der Waals surface area contributed by atoms with E-state index >= 15 is 0 Å². The average molecular weight is 328 g/mol. The molecule has 126 valence electrons. The largest absolute Gasteiger partial charge is 0.472 e. The molecule has 0 atom stereocenters. The smallest absolute Gasteiger partial charge is 0.257 e. The Morgan fingerprint density at radius 2 is 1.54 bits per heavy atom. The third kappa shape index (κ3) is 3.49. The molecule has 0 radical (unpaired) electrons. The summed E-state index contributed by atoms with van der Waals surface area (Å²) in [7, 11) is 1.64. The molecule has 3 rings (SSSR count). The highest BCUT2D eigenvalue weighted by molar-refractivity contribution is 5.95. The molecule has 1 aromatic heterocycles. The summed E-state index contributed by atoms with van der Waals surface area (Å²) in [5.41, 5.74) is 2.23. The Labute approximate surface area is 140 Å². The van der Waals surface area contributed by atoms with E-state index in [1.807, 2.05) is 24.3 Å². The van der Waals surface area contributed by atoms with Crippen LogP contribution in [0.5, 0.6) is 0 Å². The molecule has 1 aromatic carbocycles. The van der Waals surface area contributed by atoms with E-state index in [0.717, 1.165) is 5.56 Å². The lowest BCUT2D eigenvalue weighted by Crippen LogP contribution is -2.50. The summed E-state index contributed by atoms with van der Waals surface area (Å²) in [5.74, 6) is -0.0610. The van der Waals surface area contributed by atoms with Gasteiger partial charge < -0.3 is 19.0 Å². The first-order valence-electron chi connectivity index (χ1n) is 7.87. The molecule has 1 fully saturated rings. The van der Waals surface area contributed by atoms with Crippen LogP contribution in [0.3, 0.4) is 0 Å². The number of furan rings is 1. The molecule has 0 aliphatic carbocycles. The topological polar surface area (TPSA) is 63.0 Å². The quantitative estimate of drug-likeness (QED) is 0.861. The maximum absolute atomic E-state index is 12.6. The van der Waals surface area contributed by atoms with E-state index in [9.17, 15) is 9.59 Å². The number of methoxy groups -OCH3 is 1. The molecule has 0 spiro atoms. The number of carbonyl (C=O) groups excluding carboxylic acids is 2. The average Bonchev–Trinajstić information content (AvgIpc) is 3.16. The Morgan fingerprint density at radius 1 is 0.958 bits per heavy atom. The maximum atomic E-state index is 12.6. The lowest BCUT2D eigenvalue weighted by molar-refractivity contribution is 0.0535. The lowest BCUT2D eigenvalue weighted by atomic mass is 10.1. The van der Waals surface area contributed by atoms with Gasteiger partial charge in [-0.3, -0.25) is 9.59 Å². The number of hydrogen-bond acceptors (Lipinski definition) is 4. The van der Waals surface area contributed by atoms with Crippen LogP contribution < -0.4 is 0 Å². The Balaban J connectivity index is 1.57. The number of amides is 2. The monoisotopic (exact) mass is 328 g/mol. The van der Waals surface area contributed by atoms with Crippen LogP contribution in [0, 0.1) is 0 Å². The van der Waals surface area contributed by atoms with Gasteiger partial charge in [0.25, 0.3) is 11.8 Å². The van der Waals surface area contributed by atoms with Gasteiger partial charge in [-0.2, -0.15) is 0 Å². The molecule has 2 aromatic rings. The van der Waals surface area contributed by atoms with Crippen LogP contribution in [0.2, 0.25) is 0 Å². The minimum Gasteiger partial charge on any atom is -0.472 e. The van der Waals surface area contributed by atoms with Gasteiger partial charge in [-0.1, -0.05) is 12.1 Å². The zero-order valence-corrected chi connectivity index (χ0v) is 13.6. The van der Waals surface area contributed by atoms with Crippen LogP contribution in [0.25, 0.3) is 0 Å². The molecule has 24 heavy (non-hydrogen) atoms. The van der Waals surface area contributed by atoms with Crippen LogP contribution in [-0.2, 0) is 11.3 Å². The lowest BCUT2D eigenvalue weighted by Gasteiger charge is -2.34. The van der Waals surface area contributed by atoms with Crippen molar-refractivity contribution in [2.24, 2.45) is 0 Å². The Hall–Kier alpha value is -2.60. The van der Waals surface area contributed by atoms with Gasteiger partial charge in [0.1, 0.15) is 6.26 Å². The van der Waals surface area contributed by atoms with Crippen LogP contribution in [0.15, 0.2) is 47.3 Å². The second-order valence-corrected chi connectivity index (χ2v) is 5.73. The fourth-order valence-corrected chi connectivity index (χ4v) is 2.77. The molecule has 6 heteroatoms. The number of rotatable bonds is 4. The highest BCUT2D eigenvalue weighted by atomic mass is 16.5. The molecule has 0 bridgehead atoms. The number of benzene rings is 1. The number of ether oxygens (including phenoxy) is 1. The summed E-state index contributed by atoms with van der Waals surface area (Å²) in [6.45, 7) is 2.64. The Morgan fingerprint density at radius 3 is 2.04 bits per heavy atom. The molecule has 6 nitrogen and oxygen atoms in total. The molecule has 0 saturated carbocycles. The minimum atomic E-state index is -0.0558. The Bertz CT molecular complexity index is 686. The van der Waals surface area contributed by atoms with E-state index in [0.29, 0.717) is 43.9 Å². The predicted molar refractivity (Wildman–Crippen MR) is 87.7 cm³/mol. The van der Waals surface area contributed by atoms with Gasteiger partial charge >= 0.3 is 0 Å². The number of carbonyl (C=O) groups is 2. The van der Waals surface area contributed by atoms with Crippen molar-refractivity contribution in [2.75, 3.05) is 33.3 Å². The zero-order valence-electron chi connectivity index (χ0n) is 13.6. The fourth-order valence-electron chi connectivity index (χ4n) is 2.77. The summed E-state index contributed by atoms with van der Waals surface area (Å²) in [4.78, 5) is 28.3. The Kier molecular flexibility index (Phi) is 4.96. The van der Waals surface area contributed by atoms with Crippen LogP contribution >= 0.6 is 0 Å². The van der Waals surface area contributed by atoms with Crippen molar-refractivity contribution in [1.29, 1.82) is 0 Å². The van der Waals surface area contributed by atoms with Crippen molar-refractivity contribution < 1.29 is 18.7 Å². The molecule has 2 heterocycles. The van der Waals surface area contributed by atoms with E-state index in [2.05, 4.69) is 0 Å². The van der Waals surface area contributed by atoms with Gasteiger partial charge in [0.05, 0.1) is 18.4 Å². The molecular formula is C18H20N2O4. The minimum absolute atomic E-state index is 0.00521. The van der Waals surface area contributed by atoms with E-state index in [1.165, 1.54) is 12.5 Å². The second kappa shape index (κ2) is 7.31. The van der Waals surface area contributed by atoms with E-state index < -0.39 is 0 Å². The number of hydrogen-bond donors (Lipinski definition) is 0. The summed E-state index contributed by atoms with van der Waals surface area (Å²) in [6, 6.07) is 9.09. The fraction of sp³-hybridized carbons (Fsp3) is 0.333. The molecule has 1 aliphatic heterocycles. The molecular weight excluding hydrogens is 308 g/mol. The van der Waals surface area contributed by atoms with E-state index in [1.54, 1.807) is 23.0 Å². The predicted octanol–water partition coefficient (Wildman–Crippen LogP) is 2.02. The zero-order chi connectivity index (χ0) is 16.9. The molecule has 1 aliphatic rings. The first kappa shape index (κ1) is 16.3. The molecule has 0 N–H and O–H groups in total. The van der Waals surface area contributed by atoms with Gasteiger partial charge in [0.2, 0.25) is 0 Å². The third-order valence-electron chi connectivity index (χ3n) is 4.13. The van der Waals surface area contributed by atoms with E-state index in [-0.39, 0.29) is 11.8 Å². The van der Waals surface area contributed by atoms with E-state index in [4.69, 9.17) is 9.15 Å². The SMILES string of the molecule is COCc1ccc(C(=O)N2CCN(C(=O)c3ccoc3)CC2)cc1. The van der Waals surface area contributed by atoms with Crippen molar-refractivity contribution in [3.05, 3.63) is 59.5 Å². The van der Waals surface area contributed by atoms with Gasteiger partial charge in [0.15, 0.2) is 0 Å². The first-order chi connectivity index (χ1) is 11.7. The van der Waals surface area contributed by atoms with Gasteiger partial charge in [-0.15, -0.1) is 0 Å². The van der Waals surface area contributed by atoms with Crippen molar-refractivity contribution >= 4 is 11.8 Å². The highest BCUT2D eigenvalue weighted by Gasteiger charge is 2.25. The normalized spacial score (nSPS) is 14.7. The first-order valence-corrected chi connectivity index (χ1v) is 7.87. The second-order valence-electron chi connectivity index (χ2n) is 5.73. The molecule has 2 amide bonds. The van der Waals surface area contributed by atoms with Gasteiger partial charge in [-0.25, -0.2) is 0 Å². The highest BCUT2D eigenvalue weighted by Crippen LogP contribution is 2.13. The molecule has 0 unspecified atom stereocenters. The standard InChI is InChI=1S/C18H20N2O4/c1-23-12-14-2-4-15(5-3-14)17(21)19-7-9-20(10-8-19)18(22)16-6-11-24-13-16/h2-6,11,13H,7-10,12H2,1H3. The summed E-state index contributed by atoms with van der Waals surface area (Å²) >= 11 is 0. The van der Waals surface area contributed by atoms with Crippen LogP contribution in [0.1, 0.15) is 26.3 Å². The van der Waals surface area contributed by atoms with Crippen LogP contribution in [-0.4, -0.2) is 54.9 Å². The number of nitrogens with zero attached hydrogens (tertiary/aromatic N) is 2.